The van der Waals surface area contributed by atoms with Crippen molar-refractivity contribution in [2.24, 2.45) is 0 Å². The van der Waals surface area contributed by atoms with E-state index in [0.29, 0.717) is 0 Å². The fourth-order valence-corrected chi connectivity index (χ4v) is 1.88. The van der Waals surface area contributed by atoms with Gasteiger partial charge in [-0.15, -0.1) is 0 Å². The van der Waals surface area contributed by atoms with Crippen molar-refractivity contribution >= 4 is 0 Å². The van der Waals surface area contributed by atoms with Gasteiger partial charge in [0.15, 0.2) is 0 Å². The van der Waals surface area contributed by atoms with Gasteiger partial charge >= 0.3 is 0 Å². The second-order valence-electron chi connectivity index (χ2n) is 4.40. The van der Waals surface area contributed by atoms with E-state index in [9.17, 15) is 0 Å². The van der Waals surface area contributed by atoms with Crippen molar-refractivity contribution in [3.8, 4) is 0 Å². The summed E-state index contributed by atoms with van der Waals surface area (Å²) in [6.07, 6.45) is 12.2. The summed E-state index contributed by atoms with van der Waals surface area (Å²) in [5.74, 6) is 0. The fraction of sp³-hybridized carbons (Fsp3) is 0.769. The minimum atomic E-state index is 0.865. The van der Waals surface area contributed by atoms with E-state index in [-0.39, 0.29) is 0 Å². The molecule has 0 aliphatic carbocycles. The molecule has 3 nitrogen and oxygen atoms in total. The van der Waals surface area contributed by atoms with Crippen LogP contribution in [0.3, 0.4) is 0 Å². The first-order chi connectivity index (χ1) is 7.86. The Morgan fingerprint density at radius 2 is 1.94 bits per heavy atom. The summed E-state index contributed by atoms with van der Waals surface area (Å²) < 4.78 is 2.20. The van der Waals surface area contributed by atoms with Gasteiger partial charge in [0.25, 0.3) is 0 Å². The lowest BCUT2D eigenvalue weighted by Gasteiger charge is -2.02. The van der Waals surface area contributed by atoms with Crippen LogP contribution in [0.15, 0.2) is 12.5 Å². The minimum absolute atomic E-state index is 0.865. The molecule has 1 N–H and O–H groups in total. The normalized spacial score (nSPS) is 10.9. The van der Waals surface area contributed by atoms with Gasteiger partial charge in [0.2, 0.25) is 0 Å². The highest BCUT2D eigenvalue weighted by molar-refractivity contribution is 4.95. The molecule has 1 heterocycles. The Kier molecular flexibility index (Phi) is 6.90. The lowest BCUT2D eigenvalue weighted by molar-refractivity contribution is 0.557. The maximum absolute atomic E-state index is 4.33. The lowest BCUT2D eigenvalue weighted by atomic mass is 10.1. The summed E-state index contributed by atoms with van der Waals surface area (Å²) in [6, 6.07) is 0. The zero-order valence-corrected chi connectivity index (χ0v) is 10.7. The van der Waals surface area contributed by atoms with E-state index in [4.69, 9.17) is 0 Å². The van der Waals surface area contributed by atoms with Gasteiger partial charge in [0, 0.05) is 19.3 Å². The summed E-state index contributed by atoms with van der Waals surface area (Å²) in [5.41, 5.74) is 1.13. The minimum Gasteiger partial charge on any atom is -0.337 e. The van der Waals surface area contributed by atoms with E-state index >= 15 is 0 Å². The van der Waals surface area contributed by atoms with Crippen molar-refractivity contribution in [2.45, 2.75) is 58.5 Å². The molecule has 0 saturated carbocycles. The Balaban J connectivity index is 2.07. The third kappa shape index (κ3) is 5.31. The average molecular weight is 223 g/mol. The Morgan fingerprint density at radius 3 is 2.69 bits per heavy atom. The van der Waals surface area contributed by atoms with Gasteiger partial charge in [-0.2, -0.15) is 0 Å². The van der Waals surface area contributed by atoms with Gasteiger partial charge in [-0.05, 0) is 13.5 Å². The molecule has 1 aromatic rings. The van der Waals surface area contributed by atoms with E-state index < -0.39 is 0 Å². The molecule has 0 aromatic carbocycles. The molecule has 0 amide bonds. The van der Waals surface area contributed by atoms with Gasteiger partial charge in [0.1, 0.15) is 0 Å². The maximum atomic E-state index is 4.33. The Morgan fingerprint density at radius 1 is 1.19 bits per heavy atom. The monoisotopic (exact) mass is 223 g/mol. The molecule has 16 heavy (non-hydrogen) atoms. The number of unbranched alkanes of at least 4 members (excludes halogenated alkanes) is 5. The van der Waals surface area contributed by atoms with Crippen molar-refractivity contribution in [2.75, 3.05) is 7.05 Å². The quantitative estimate of drug-likeness (QED) is 0.652. The Bertz CT molecular complexity index is 268. The molecule has 0 aliphatic rings. The van der Waals surface area contributed by atoms with Crippen LogP contribution in [0.4, 0.5) is 0 Å². The number of hydrogen-bond donors (Lipinski definition) is 1. The predicted octanol–water partition coefficient (Wildman–Crippen LogP) is 2.96. The van der Waals surface area contributed by atoms with E-state index in [1.807, 2.05) is 13.4 Å². The molecule has 0 radical (unpaired) electrons. The first kappa shape index (κ1) is 13.2. The topological polar surface area (TPSA) is 29.9 Å². The van der Waals surface area contributed by atoms with Crippen molar-refractivity contribution < 1.29 is 0 Å². The smallest absolute Gasteiger partial charge is 0.0949 e. The number of rotatable bonds is 9. The SMILES string of the molecule is CCCCCCCCn1cnc(CNC)c1. The van der Waals surface area contributed by atoms with Crippen molar-refractivity contribution in [3.63, 3.8) is 0 Å². The molecule has 0 fully saturated rings. The third-order valence-corrected chi connectivity index (χ3v) is 2.81. The molecule has 92 valence electrons. The van der Waals surface area contributed by atoms with Crippen molar-refractivity contribution in [1.82, 2.24) is 14.9 Å². The van der Waals surface area contributed by atoms with Crippen molar-refractivity contribution in [3.05, 3.63) is 18.2 Å². The fourth-order valence-electron chi connectivity index (χ4n) is 1.88. The van der Waals surface area contributed by atoms with E-state index in [1.165, 1.54) is 38.5 Å². The molecule has 1 aromatic heterocycles. The van der Waals surface area contributed by atoms with Crippen LogP contribution in [0.25, 0.3) is 0 Å². The van der Waals surface area contributed by atoms with Crippen LogP contribution in [-0.2, 0) is 13.1 Å². The number of nitrogens with one attached hydrogen (secondary N) is 1. The molecule has 0 spiro atoms. The molecule has 0 bridgehead atoms. The Hall–Kier alpha value is -0.830. The molecule has 0 aliphatic heterocycles. The van der Waals surface area contributed by atoms with Gasteiger partial charge in [0.05, 0.1) is 12.0 Å². The number of hydrogen-bond acceptors (Lipinski definition) is 2. The molecule has 0 unspecified atom stereocenters. The van der Waals surface area contributed by atoms with Gasteiger partial charge in [-0.25, -0.2) is 4.98 Å². The molecule has 0 saturated heterocycles. The second-order valence-corrected chi connectivity index (χ2v) is 4.40. The highest BCUT2D eigenvalue weighted by Gasteiger charge is 1.97. The van der Waals surface area contributed by atoms with Crippen LogP contribution >= 0.6 is 0 Å². The predicted molar refractivity (Wildman–Crippen MR) is 68.4 cm³/mol. The zero-order valence-electron chi connectivity index (χ0n) is 10.7. The zero-order chi connectivity index (χ0) is 11.6. The number of aryl methyl sites for hydroxylation is 1. The van der Waals surface area contributed by atoms with Gasteiger partial charge < -0.3 is 9.88 Å². The summed E-state index contributed by atoms with van der Waals surface area (Å²) in [7, 11) is 1.95. The standard InChI is InChI=1S/C13H25N3/c1-3-4-5-6-7-8-9-16-11-13(10-14-2)15-12-16/h11-12,14H,3-10H2,1-2H3. The van der Waals surface area contributed by atoms with E-state index in [0.717, 1.165) is 18.8 Å². The molecular formula is C13H25N3. The number of imidazole rings is 1. The Labute approximate surface area is 99.3 Å². The van der Waals surface area contributed by atoms with Crippen LogP contribution in [0.5, 0.6) is 0 Å². The van der Waals surface area contributed by atoms with Crippen LogP contribution < -0.4 is 5.32 Å². The van der Waals surface area contributed by atoms with Crippen molar-refractivity contribution in [1.29, 1.82) is 0 Å². The second kappa shape index (κ2) is 8.34. The molecular weight excluding hydrogens is 198 g/mol. The third-order valence-electron chi connectivity index (χ3n) is 2.81. The van der Waals surface area contributed by atoms with Crippen LogP contribution in [-0.4, -0.2) is 16.6 Å². The highest BCUT2D eigenvalue weighted by Crippen LogP contribution is 2.06. The first-order valence-electron chi connectivity index (χ1n) is 6.52. The number of nitrogens with zero attached hydrogens (tertiary/aromatic N) is 2. The number of aromatic nitrogens is 2. The highest BCUT2D eigenvalue weighted by atomic mass is 15.0. The average Bonchev–Trinajstić information content (AvgIpc) is 2.72. The summed E-state index contributed by atoms with van der Waals surface area (Å²) in [6.45, 7) is 4.24. The van der Waals surface area contributed by atoms with E-state index in [1.54, 1.807) is 0 Å². The summed E-state index contributed by atoms with van der Waals surface area (Å²) in [5, 5.41) is 3.11. The largest absolute Gasteiger partial charge is 0.337 e. The maximum Gasteiger partial charge on any atom is 0.0949 e. The van der Waals surface area contributed by atoms with Gasteiger partial charge in [-0.1, -0.05) is 39.0 Å². The summed E-state index contributed by atoms with van der Waals surface area (Å²) in [4.78, 5) is 4.33. The summed E-state index contributed by atoms with van der Waals surface area (Å²) >= 11 is 0. The van der Waals surface area contributed by atoms with Crippen LogP contribution in [0, 0.1) is 0 Å². The van der Waals surface area contributed by atoms with Crippen LogP contribution in [0.1, 0.15) is 51.1 Å². The molecule has 1 rings (SSSR count). The molecule has 0 atom stereocenters. The van der Waals surface area contributed by atoms with E-state index in [2.05, 4.69) is 28.0 Å². The van der Waals surface area contributed by atoms with Gasteiger partial charge in [-0.3, -0.25) is 0 Å². The molecule has 3 heteroatoms. The van der Waals surface area contributed by atoms with Crippen LogP contribution in [0.2, 0.25) is 0 Å². The first-order valence-corrected chi connectivity index (χ1v) is 6.52. The lowest BCUT2D eigenvalue weighted by Crippen LogP contribution is -2.05.